The van der Waals surface area contributed by atoms with Gasteiger partial charge >= 0.3 is 0 Å². The van der Waals surface area contributed by atoms with Crippen molar-refractivity contribution in [2.45, 2.75) is 24.9 Å². The van der Waals surface area contributed by atoms with E-state index in [-0.39, 0.29) is 23.5 Å². The van der Waals surface area contributed by atoms with Crippen LogP contribution < -0.4 is 16.0 Å². The number of nitrogen functional groups attached to an aromatic ring is 1. The smallest absolute Gasteiger partial charge is 0.280 e. The van der Waals surface area contributed by atoms with Crippen LogP contribution in [0.4, 0.5) is 27.9 Å². The minimum absolute atomic E-state index is 0.0385. The van der Waals surface area contributed by atoms with Crippen LogP contribution in [0.3, 0.4) is 0 Å². The van der Waals surface area contributed by atoms with E-state index in [2.05, 4.69) is 15.0 Å². The lowest BCUT2D eigenvalue weighted by atomic mass is 10.2. The minimum atomic E-state index is -2.32. The molecule has 3 aromatic rings. The molecule has 0 spiro atoms. The first-order valence-electron chi connectivity index (χ1n) is 8.39. The average molecular weight is 433 g/mol. The van der Waals surface area contributed by atoms with E-state index in [4.69, 9.17) is 15.2 Å². The first-order chi connectivity index (χ1) is 14.2. The molecule has 1 aromatic carbocycles. The molecule has 2 aromatic heterocycles. The quantitative estimate of drug-likeness (QED) is 0.320. The molecule has 0 amide bonds. The van der Waals surface area contributed by atoms with Gasteiger partial charge in [0, 0.05) is 6.42 Å². The number of benzene rings is 1. The van der Waals surface area contributed by atoms with Crippen LogP contribution in [0.2, 0.25) is 0 Å². The second kappa shape index (κ2) is 7.21. The summed E-state index contributed by atoms with van der Waals surface area (Å²) in [6, 6.07) is 0. The molecule has 1 fully saturated rings. The Bertz CT molecular complexity index is 1170. The molecule has 1 aliphatic heterocycles. The van der Waals surface area contributed by atoms with Gasteiger partial charge in [0.15, 0.2) is 16.9 Å². The van der Waals surface area contributed by atoms with Crippen LogP contribution in [0.15, 0.2) is 11.1 Å². The fourth-order valence-corrected chi connectivity index (χ4v) is 3.07. The zero-order valence-corrected chi connectivity index (χ0v) is 14.7. The highest BCUT2D eigenvalue weighted by atomic mass is 19.2. The van der Waals surface area contributed by atoms with E-state index in [0.717, 1.165) is 0 Å². The molecule has 0 aliphatic carbocycles. The summed E-state index contributed by atoms with van der Waals surface area (Å²) in [6.45, 7) is -0.723. The molecule has 9 nitrogen and oxygen atoms in total. The maximum atomic E-state index is 13.7. The summed E-state index contributed by atoms with van der Waals surface area (Å²) < 4.78 is 78.6. The van der Waals surface area contributed by atoms with Crippen molar-refractivity contribution in [1.29, 1.82) is 0 Å². The fraction of sp³-hybridized carbons (Fsp3) is 0.312. The largest absolute Gasteiger partial charge is 0.485 e. The van der Waals surface area contributed by atoms with Gasteiger partial charge in [0.1, 0.15) is 18.9 Å². The van der Waals surface area contributed by atoms with Crippen molar-refractivity contribution in [3.05, 3.63) is 45.8 Å². The first kappa shape index (κ1) is 20.0. The van der Waals surface area contributed by atoms with E-state index in [1.54, 1.807) is 0 Å². The van der Waals surface area contributed by atoms with Crippen LogP contribution in [0, 0.1) is 29.1 Å². The minimum Gasteiger partial charge on any atom is -0.485 e. The molecule has 0 unspecified atom stereocenters. The summed E-state index contributed by atoms with van der Waals surface area (Å²) in [5, 5.41) is 10.2. The zero-order chi connectivity index (χ0) is 21.7. The summed E-state index contributed by atoms with van der Waals surface area (Å²) in [4.78, 5) is 21.9. The number of H-pyrrole nitrogens is 1. The third-order valence-corrected chi connectivity index (χ3v) is 4.53. The van der Waals surface area contributed by atoms with Crippen LogP contribution in [0.25, 0.3) is 11.2 Å². The Labute approximate surface area is 162 Å². The van der Waals surface area contributed by atoms with Gasteiger partial charge in [-0.05, 0) is 0 Å². The molecular formula is C16H12F5N5O4. The number of nitrogens with zero attached hydrogens (tertiary/aromatic N) is 3. The van der Waals surface area contributed by atoms with Crippen LogP contribution >= 0.6 is 0 Å². The Morgan fingerprint density at radius 1 is 1.20 bits per heavy atom. The maximum absolute atomic E-state index is 13.7. The highest BCUT2D eigenvalue weighted by Gasteiger charge is 2.37. The van der Waals surface area contributed by atoms with Crippen LogP contribution in [-0.2, 0) is 4.74 Å². The van der Waals surface area contributed by atoms with E-state index in [1.165, 1.54) is 10.9 Å². The Morgan fingerprint density at radius 2 is 1.83 bits per heavy atom. The molecule has 30 heavy (non-hydrogen) atoms. The summed E-state index contributed by atoms with van der Waals surface area (Å²) in [7, 11) is 0. The van der Waals surface area contributed by atoms with Gasteiger partial charge in [0.05, 0.1) is 12.4 Å². The molecular weight excluding hydrogens is 421 g/mol. The predicted molar refractivity (Wildman–Crippen MR) is 88.8 cm³/mol. The number of aliphatic hydroxyl groups excluding tert-OH is 1. The average Bonchev–Trinajstić information content (AvgIpc) is 3.28. The molecule has 3 heterocycles. The molecule has 3 atom stereocenters. The normalized spacial score (nSPS) is 21.5. The number of ether oxygens (including phenoxy) is 2. The maximum Gasteiger partial charge on any atom is 0.280 e. The highest BCUT2D eigenvalue weighted by Crippen LogP contribution is 2.33. The van der Waals surface area contributed by atoms with Crippen LogP contribution in [0.5, 0.6) is 5.75 Å². The van der Waals surface area contributed by atoms with Crippen molar-refractivity contribution in [3.63, 3.8) is 0 Å². The van der Waals surface area contributed by atoms with Crippen molar-refractivity contribution < 1.29 is 36.5 Å². The Balaban J connectivity index is 1.55. The second-order valence-corrected chi connectivity index (χ2v) is 6.42. The number of halogens is 5. The van der Waals surface area contributed by atoms with E-state index in [9.17, 15) is 31.9 Å². The molecule has 160 valence electrons. The number of fused-ring (bicyclic) bond motifs is 1. The van der Waals surface area contributed by atoms with Gasteiger partial charge in [-0.15, -0.1) is 0 Å². The Hall–Kier alpha value is -3.26. The number of aromatic amines is 1. The number of hydrogen-bond acceptors (Lipinski definition) is 7. The highest BCUT2D eigenvalue weighted by molar-refractivity contribution is 5.70. The fourth-order valence-electron chi connectivity index (χ4n) is 3.07. The second-order valence-electron chi connectivity index (χ2n) is 6.42. The lowest BCUT2D eigenvalue weighted by Crippen LogP contribution is -2.28. The third-order valence-electron chi connectivity index (χ3n) is 4.53. The molecule has 0 saturated carbocycles. The van der Waals surface area contributed by atoms with Crippen molar-refractivity contribution in [3.8, 4) is 5.75 Å². The number of nitrogens with one attached hydrogen (secondary N) is 1. The van der Waals surface area contributed by atoms with E-state index >= 15 is 0 Å². The molecule has 1 aliphatic rings. The van der Waals surface area contributed by atoms with Gasteiger partial charge in [-0.25, -0.2) is 18.2 Å². The first-order valence-corrected chi connectivity index (χ1v) is 8.39. The third kappa shape index (κ3) is 3.13. The molecule has 4 rings (SSSR count). The van der Waals surface area contributed by atoms with Gasteiger partial charge in [-0.3, -0.25) is 14.3 Å². The number of nitrogens with two attached hydrogens (primary N) is 1. The van der Waals surface area contributed by atoms with E-state index in [1.807, 2.05) is 0 Å². The van der Waals surface area contributed by atoms with Crippen molar-refractivity contribution in [2.24, 2.45) is 0 Å². The van der Waals surface area contributed by atoms with Gasteiger partial charge in [-0.1, -0.05) is 0 Å². The van der Waals surface area contributed by atoms with Gasteiger partial charge in [-0.2, -0.15) is 13.8 Å². The lowest BCUT2D eigenvalue weighted by molar-refractivity contribution is -0.0394. The van der Waals surface area contributed by atoms with Gasteiger partial charge in [0.2, 0.25) is 35.0 Å². The number of imidazole rings is 1. The molecule has 0 bridgehead atoms. The molecule has 0 radical (unpaired) electrons. The standard InChI is InChI=1S/C16H12F5N5O4/c17-7-8(18)10(20)13(11(21)9(7)19)29-2-5-4(27)1-6(30-5)26-3-23-12-14(26)24-16(22)25-15(12)28/h3-6,27H,1-2H2,(H3,22,24,25,28)/t4-,5+,6+/m0/s1. The predicted octanol–water partition coefficient (Wildman–Crippen LogP) is 1.12. The molecule has 4 N–H and O–H groups in total. The van der Waals surface area contributed by atoms with Crippen molar-refractivity contribution in [1.82, 2.24) is 19.5 Å². The van der Waals surface area contributed by atoms with Crippen LogP contribution in [-0.4, -0.2) is 43.4 Å². The molecule has 1 saturated heterocycles. The summed E-state index contributed by atoms with van der Waals surface area (Å²) in [6.07, 6.45) is -2.18. The van der Waals surface area contributed by atoms with Gasteiger partial charge < -0.3 is 20.3 Å². The number of hydrogen-bond donors (Lipinski definition) is 3. The number of anilines is 1. The van der Waals surface area contributed by atoms with E-state index < -0.39 is 65.4 Å². The lowest BCUT2D eigenvalue weighted by Gasteiger charge is -2.17. The monoisotopic (exact) mass is 433 g/mol. The van der Waals surface area contributed by atoms with E-state index in [0.29, 0.717) is 0 Å². The Kier molecular flexibility index (Phi) is 4.82. The van der Waals surface area contributed by atoms with Crippen molar-refractivity contribution in [2.75, 3.05) is 12.3 Å². The summed E-state index contributed by atoms with van der Waals surface area (Å²) in [5.41, 5.74) is 4.93. The SMILES string of the molecule is Nc1nc2c(ncn2[C@H]2C[C@H](O)[C@@H](COc3c(F)c(F)c(F)c(F)c3F)O2)c(=O)[nH]1. The number of aromatic nitrogens is 4. The summed E-state index contributed by atoms with van der Waals surface area (Å²) in [5.74, 6) is -12.6. The summed E-state index contributed by atoms with van der Waals surface area (Å²) >= 11 is 0. The number of aliphatic hydroxyl groups is 1. The topological polar surface area (TPSA) is 128 Å². The number of rotatable bonds is 4. The zero-order valence-electron chi connectivity index (χ0n) is 14.7. The van der Waals surface area contributed by atoms with Gasteiger partial charge in [0.25, 0.3) is 5.56 Å². The van der Waals surface area contributed by atoms with Crippen LogP contribution in [0.1, 0.15) is 12.6 Å². The molecule has 14 heteroatoms. The Morgan fingerprint density at radius 3 is 2.50 bits per heavy atom. The van der Waals surface area contributed by atoms with Crippen molar-refractivity contribution >= 4 is 17.1 Å².